The normalized spacial score (nSPS) is 11.3. The van der Waals surface area contributed by atoms with Gasteiger partial charge in [-0.1, -0.05) is 11.8 Å². The summed E-state index contributed by atoms with van der Waals surface area (Å²) in [5.74, 6) is 4.40. The van der Waals surface area contributed by atoms with Crippen LogP contribution < -0.4 is 9.47 Å². The molecule has 0 aliphatic heterocycles. The number of thioether (sulfide) groups is 1. The van der Waals surface area contributed by atoms with Crippen molar-refractivity contribution >= 4 is 35.3 Å². The molecular formula is C21H20N4O3S2. The summed E-state index contributed by atoms with van der Waals surface area (Å²) in [6.07, 6.45) is 3.70. The number of aromatic nitrogens is 4. The lowest BCUT2D eigenvalue weighted by atomic mass is 10.2. The van der Waals surface area contributed by atoms with Crippen LogP contribution in [-0.2, 0) is 5.75 Å². The van der Waals surface area contributed by atoms with Gasteiger partial charge in [-0.3, -0.25) is 5.10 Å². The van der Waals surface area contributed by atoms with E-state index in [4.69, 9.17) is 18.9 Å². The van der Waals surface area contributed by atoms with E-state index in [1.807, 2.05) is 54.8 Å². The van der Waals surface area contributed by atoms with E-state index in [0.717, 1.165) is 27.8 Å². The molecule has 4 aromatic rings. The average molecular weight is 441 g/mol. The monoisotopic (exact) mass is 440 g/mol. The van der Waals surface area contributed by atoms with E-state index in [9.17, 15) is 0 Å². The van der Waals surface area contributed by atoms with Crippen molar-refractivity contribution in [2.75, 3.05) is 14.2 Å². The van der Waals surface area contributed by atoms with Gasteiger partial charge in [0.1, 0.15) is 22.4 Å². The second-order valence-corrected chi connectivity index (χ2v) is 8.09. The molecular weight excluding hydrogens is 420 g/mol. The number of aromatic amines is 1. The first kappa shape index (κ1) is 20.2. The first-order chi connectivity index (χ1) is 14.6. The largest absolute Gasteiger partial charge is 0.493 e. The highest BCUT2D eigenvalue weighted by Gasteiger charge is 2.11. The third-order valence-corrected chi connectivity index (χ3v) is 6.00. The van der Waals surface area contributed by atoms with Crippen molar-refractivity contribution in [3.8, 4) is 22.1 Å². The van der Waals surface area contributed by atoms with Crippen molar-refractivity contribution in [3.05, 3.63) is 58.8 Å². The molecule has 0 bridgehead atoms. The average Bonchev–Trinajstić information content (AvgIpc) is 3.51. The summed E-state index contributed by atoms with van der Waals surface area (Å²) in [5.41, 5.74) is 1.97. The van der Waals surface area contributed by atoms with E-state index in [1.54, 1.807) is 25.6 Å². The molecule has 0 atom stereocenters. The smallest absolute Gasteiger partial charge is 0.209 e. The molecule has 0 aliphatic rings. The fraction of sp³-hybridized carbons (Fsp3) is 0.190. The molecule has 0 saturated heterocycles. The molecule has 9 heteroatoms. The van der Waals surface area contributed by atoms with E-state index in [0.29, 0.717) is 28.2 Å². The Bertz CT molecular complexity index is 1160. The predicted molar refractivity (Wildman–Crippen MR) is 119 cm³/mol. The number of H-pyrrole nitrogens is 1. The topological polar surface area (TPSA) is 86.1 Å². The Morgan fingerprint density at radius 2 is 1.97 bits per heavy atom. The minimum Gasteiger partial charge on any atom is -0.493 e. The van der Waals surface area contributed by atoms with Crippen molar-refractivity contribution in [2.45, 2.75) is 17.8 Å². The Morgan fingerprint density at radius 1 is 1.10 bits per heavy atom. The number of aryl methyl sites for hydroxylation is 1. The van der Waals surface area contributed by atoms with Crippen LogP contribution in [0.2, 0.25) is 0 Å². The maximum absolute atomic E-state index is 5.51. The predicted octanol–water partition coefficient (Wildman–Crippen LogP) is 5.31. The molecule has 30 heavy (non-hydrogen) atoms. The minimum atomic E-state index is 0.672. The van der Waals surface area contributed by atoms with Gasteiger partial charge < -0.3 is 13.9 Å². The van der Waals surface area contributed by atoms with Crippen molar-refractivity contribution in [3.63, 3.8) is 0 Å². The fourth-order valence-corrected chi connectivity index (χ4v) is 4.34. The number of nitrogens with one attached hydrogen (secondary N) is 1. The van der Waals surface area contributed by atoms with E-state index < -0.39 is 0 Å². The molecule has 0 aliphatic carbocycles. The van der Waals surface area contributed by atoms with Crippen LogP contribution in [-0.4, -0.2) is 34.4 Å². The number of benzene rings is 1. The van der Waals surface area contributed by atoms with Crippen LogP contribution in [0.15, 0.2) is 45.3 Å². The number of furan rings is 1. The SMILES string of the molecule is COc1ccc(-c2nc(CSc3n[nH]c(C=Cc4ccc(C)o4)n3)cs2)cc1OC. The molecule has 1 N–H and O–H groups in total. The van der Waals surface area contributed by atoms with Crippen LogP contribution in [0.1, 0.15) is 23.0 Å². The van der Waals surface area contributed by atoms with Crippen molar-refractivity contribution < 1.29 is 13.9 Å². The van der Waals surface area contributed by atoms with Crippen LogP contribution in [0.25, 0.3) is 22.7 Å². The van der Waals surface area contributed by atoms with Crippen LogP contribution in [0.4, 0.5) is 0 Å². The van der Waals surface area contributed by atoms with Gasteiger partial charge in [0.2, 0.25) is 5.16 Å². The molecule has 0 saturated carbocycles. The Morgan fingerprint density at radius 3 is 2.73 bits per heavy atom. The first-order valence-electron chi connectivity index (χ1n) is 9.11. The van der Waals surface area contributed by atoms with Gasteiger partial charge >= 0.3 is 0 Å². The zero-order valence-corrected chi connectivity index (χ0v) is 18.3. The Balaban J connectivity index is 1.38. The van der Waals surface area contributed by atoms with Crippen molar-refractivity contribution in [2.24, 2.45) is 0 Å². The van der Waals surface area contributed by atoms with E-state index >= 15 is 0 Å². The number of methoxy groups -OCH3 is 2. The quantitative estimate of drug-likeness (QED) is 0.372. The number of thiazole rings is 1. The molecule has 0 spiro atoms. The van der Waals surface area contributed by atoms with Crippen LogP contribution in [0.3, 0.4) is 0 Å². The van der Waals surface area contributed by atoms with E-state index in [-0.39, 0.29) is 0 Å². The molecule has 1 aromatic carbocycles. The number of hydrogen-bond acceptors (Lipinski definition) is 8. The number of nitrogens with zero attached hydrogens (tertiary/aromatic N) is 3. The third-order valence-electron chi connectivity index (χ3n) is 4.18. The molecule has 0 unspecified atom stereocenters. The summed E-state index contributed by atoms with van der Waals surface area (Å²) in [6, 6.07) is 9.63. The molecule has 3 aromatic heterocycles. The van der Waals surface area contributed by atoms with Gasteiger partial charge in [0, 0.05) is 16.7 Å². The van der Waals surface area contributed by atoms with Gasteiger partial charge in [0.05, 0.1) is 19.9 Å². The zero-order valence-electron chi connectivity index (χ0n) is 16.7. The molecule has 3 heterocycles. The van der Waals surface area contributed by atoms with Crippen LogP contribution in [0, 0.1) is 6.92 Å². The standard InChI is InChI=1S/C21H20N4O3S2/c1-13-4-6-16(28-13)7-9-19-23-21(25-24-19)30-12-15-11-29-20(22-15)14-5-8-17(26-2)18(10-14)27-3/h4-11H,12H2,1-3H3,(H,23,24,25). The van der Waals surface area contributed by atoms with Crippen molar-refractivity contribution in [1.82, 2.24) is 20.2 Å². The second kappa shape index (κ2) is 9.19. The zero-order chi connectivity index (χ0) is 20.9. The van der Waals surface area contributed by atoms with Crippen LogP contribution in [0.5, 0.6) is 11.5 Å². The third kappa shape index (κ3) is 4.74. The van der Waals surface area contributed by atoms with Gasteiger partial charge in [-0.15, -0.1) is 16.4 Å². The van der Waals surface area contributed by atoms with E-state index in [1.165, 1.54) is 11.8 Å². The molecule has 0 radical (unpaired) electrons. The minimum absolute atomic E-state index is 0.672. The van der Waals surface area contributed by atoms with Gasteiger partial charge in [-0.25, -0.2) is 9.97 Å². The molecule has 4 rings (SSSR count). The Kier molecular flexibility index (Phi) is 6.20. The number of ether oxygens (including phenoxy) is 2. The lowest BCUT2D eigenvalue weighted by Gasteiger charge is -2.08. The summed E-state index contributed by atoms with van der Waals surface area (Å²) >= 11 is 3.12. The number of rotatable bonds is 8. The molecule has 0 amide bonds. The number of hydrogen-bond donors (Lipinski definition) is 1. The highest BCUT2D eigenvalue weighted by atomic mass is 32.2. The lowest BCUT2D eigenvalue weighted by molar-refractivity contribution is 0.355. The highest BCUT2D eigenvalue weighted by molar-refractivity contribution is 7.98. The maximum Gasteiger partial charge on any atom is 0.209 e. The summed E-state index contributed by atoms with van der Waals surface area (Å²) in [5, 5.41) is 10.8. The molecule has 7 nitrogen and oxygen atoms in total. The highest BCUT2D eigenvalue weighted by Crippen LogP contribution is 2.34. The summed E-state index contributed by atoms with van der Waals surface area (Å²) < 4.78 is 16.2. The molecule has 0 fully saturated rings. The van der Waals surface area contributed by atoms with Gasteiger partial charge in [-0.05, 0) is 49.4 Å². The summed E-state index contributed by atoms with van der Waals surface area (Å²) in [7, 11) is 3.25. The van der Waals surface area contributed by atoms with Gasteiger partial charge in [0.25, 0.3) is 0 Å². The van der Waals surface area contributed by atoms with Gasteiger partial charge in [-0.2, -0.15) is 0 Å². The fourth-order valence-electron chi connectivity index (χ4n) is 2.71. The second-order valence-electron chi connectivity index (χ2n) is 6.29. The lowest BCUT2D eigenvalue weighted by Crippen LogP contribution is -1.90. The Hall–Kier alpha value is -3.04. The maximum atomic E-state index is 5.51. The van der Waals surface area contributed by atoms with E-state index in [2.05, 4.69) is 15.2 Å². The molecule has 154 valence electrons. The Labute approximate surface area is 182 Å². The summed E-state index contributed by atoms with van der Waals surface area (Å²) in [4.78, 5) is 9.19. The summed E-state index contributed by atoms with van der Waals surface area (Å²) in [6.45, 7) is 1.91. The first-order valence-corrected chi connectivity index (χ1v) is 11.0. The van der Waals surface area contributed by atoms with Crippen LogP contribution >= 0.6 is 23.1 Å². The van der Waals surface area contributed by atoms with Gasteiger partial charge in [0.15, 0.2) is 11.5 Å². The van der Waals surface area contributed by atoms with Crippen molar-refractivity contribution in [1.29, 1.82) is 0 Å².